The van der Waals surface area contributed by atoms with Crippen molar-refractivity contribution in [2.75, 3.05) is 39.8 Å². The standard InChI is InChI=1S/C26H32N2O3/c1-30-25-20-22(13-14-24(25)31-23-11-5-6-12-23)26(29)28-18-16-27(17-19-28)15-7-10-21-8-3-2-4-9-21/h2-4,7-10,13-14,20,23H,5-6,11-12,15-19H2,1H3/b10-7+. The fraction of sp³-hybridized carbons (Fsp3) is 0.423. The number of nitrogens with zero attached hydrogens (tertiary/aromatic N) is 2. The van der Waals surface area contributed by atoms with E-state index in [1.165, 1.54) is 18.4 Å². The van der Waals surface area contributed by atoms with Crippen LogP contribution in [-0.2, 0) is 0 Å². The number of rotatable bonds is 7. The molecule has 31 heavy (non-hydrogen) atoms. The van der Waals surface area contributed by atoms with Gasteiger partial charge in [-0.25, -0.2) is 0 Å². The summed E-state index contributed by atoms with van der Waals surface area (Å²) < 4.78 is 11.6. The molecule has 0 bridgehead atoms. The number of methoxy groups -OCH3 is 1. The van der Waals surface area contributed by atoms with Gasteiger partial charge >= 0.3 is 0 Å². The van der Waals surface area contributed by atoms with Gasteiger partial charge in [0.25, 0.3) is 5.91 Å². The molecule has 5 heteroatoms. The lowest BCUT2D eigenvalue weighted by Gasteiger charge is -2.34. The minimum Gasteiger partial charge on any atom is -0.493 e. The maximum atomic E-state index is 13.0. The Morgan fingerprint density at radius 3 is 2.45 bits per heavy atom. The van der Waals surface area contributed by atoms with E-state index in [1.54, 1.807) is 7.11 Å². The molecule has 2 aliphatic rings. The molecule has 1 aliphatic heterocycles. The Morgan fingerprint density at radius 1 is 1.00 bits per heavy atom. The molecule has 2 aromatic rings. The van der Waals surface area contributed by atoms with Crippen LogP contribution in [0.5, 0.6) is 11.5 Å². The largest absolute Gasteiger partial charge is 0.493 e. The van der Waals surface area contributed by atoms with Gasteiger partial charge in [-0.05, 0) is 49.4 Å². The lowest BCUT2D eigenvalue weighted by atomic mass is 10.1. The van der Waals surface area contributed by atoms with Crippen molar-refractivity contribution in [2.45, 2.75) is 31.8 Å². The van der Waals surface area contributed by atoms with E-state index < -0.39 is 0 Å². The fourth-order valence-electron chi connectivity index (χ4n) is 4.30. The van der Waals surface area contributed by atoms with Gasteiger partial charge in [0.15, 0.2) is 11.5 Å². The van der Waals surface area contributed by atoms with Crippen molar-refractivity contribution in [3.63, 3.8) is 0 Å². The third kappa shape index (κ3) is 5.67. The molecule has 1 aliphatic carbocycles. The van der Waals surface area contributed by atoms with Crippen LogP contribution in [0, 0.1) is 0 Å². The number of amides is 1. The fourth-order valence-corrected chi connectivity index (χ4v) is 4.30. The maximum absolute atomic E-state index is 13.0. The molecule has 0 atom stereocenters. The molecule has 0 radical (unpaired) electrons. The molecule has 2 fully saturated rings. The van der Waals surface area contributed by atoms with E-state index in [9.17, 15) is 4.79 Å². The van der Waals surface area contributed by atoms with Crippen molar-refractivity contribution >= 4 is 12.0 Å². The normalized spacial score (nSPS) is 17.9. The van der Waals surface area contributed by atoms with Gasteiger partial charge in [-0.15, -0.1) is 0 Å². The van der Waals surface area contributed by atoms with Crippen molar-refractivity contribution < 1.29 is 14.3 Å². The monoisotopic (exact) mass is 420 g/mol. The highest BCUT2D eigenvalue weighted by atomic mass is 16.5. The van der Waals surface area contributed by atoms with E-state index >= 15 is 0 Å². The number of ether oxygens (including phenoxy) is 2. The van der Waals surface area contributed by atoms with Crippen LogP contribution in [0.4, 0.5) is 0 Å². The van der Waals surface area contributed by atoms with Gasteiger partial charge in [-0.2, -0.15) is 0 Å². The number of hydrogen-bond donors (Lipinski definition) is 0. The summed E-state index contributed by atoms with van der Waals surface area (Å²) in [5, 5.41) is 0. The SMILES string of the molecule is COc1cc(C(=O)N2CCN(C/C=C/c3ccccc3)CC2)ccc1OC1CCCC1. The maximum Gasteiger partial charge on any atom is 0.254 e. The van der Waals surface area contributed by atoms with E-state index in [1.807, 2.05) is 41.3 Å². The van der Waals surface area contributed by atoms with Crippen LogP contribution in [0.25, 0.3) is 6.08 Å². The van der Waals surface area contributed by atoms with Gasteiger partial charge < -0.3 is 14.4 Å². The van der Waals surface area contributed by atoms with Crippen molar-refractivity contribution in [1.82, 2.24) is 9.80 Å². The van der Waals surface area contributed by atoms with Crippen molar-refractivity contribution in [3.8, 4) is 11.5 Å². The van der Waals surface area contributed by atoms with Crippen LogP contribution >= 0.6 is 0 Å². The van der Waals surface area contributed by atoms with Crippen LogP contribution in [0.1, 0.15) is 41.6 Å². The minimum absolute atomic E-state index is 0.0604. The Hall–Kier alpha value is -2.79. The second kappa shape index (κ2) is 10.5. The Labute approximate surface area is 185 Å². The van der Waals surface area contributed by atoms with Crippen LogP contribution in [-0.4, -0.2) is 61.6 Å². The van der Waals surface area contributed by atoms with Crippen molar-refractivity contribution in [2.24, 2.45) is 0 Å². The molecular formula is C26H32N2O3. The lowest BCUT2D eigenvalue weighted by Crippen LogP contribution is -2.48. The van der Waals surface area contributed by atoms with Gasteiger partial charge in [-0.1, -0.05) is 42.5 Å². The van der Waals surface area contributed by atoms with E-state index in [0.29, 0.717) is 11.3 Å². The predicted molar refractivity (Wildman–Crippen MR) is 124 cm³/mol. The molecule has 2 aromatic carbocycles. The number of hydrogen-bond acceptors (Lipinski definition) is 4. The van der Waals surface area contributed by atoms with Crippen LogP contribution in [0.15, 0.2) is 54.6 Å². The van der Waals surface area contributed by atoms with E-state index in [-0.39, 0.29) is 12.0 Å². The summed E-state index contributed by atoms with van der Waals surface area (Å²) in [5.41, 5.74) is 1.87. The van der Waals surface area contributed by atoms with Gasteiger partial charge in [0.2, 0.25) is 0 Å². The third-order valence-electron chi connectivity index (χ3n) is 6.14. The Balaban J connectivity index is 1.30. The first-order valence-corrected chi connectivity index (χ1v) is 11.3. The molecular weight excluding hydrogens is 388 g/mol. The first-order valence-electron chi connectivity index (χ1n) is 11.3. The summed E-state index contributed by atoms with van der Waals surface area (Å²) in [5.74, 6) is 1.44. The Morgan fingerprint density at radius 2 is 1.74 bits per heavy atom. The first kappa shape index (κ1) is 21.4. The van der Waals surface area contributed by atoms with E-state index in [2.05, 4.69) is 29.2 Å². The average molecular weight is 421 g/mol. The summed E-state index contributed by atoms with van der Waals surface area (Å²) in [4.78, 5) is 17.3. The molecule has 164 valence electrons. The van der Waals surface area contributed by atoms with E-state index in [4.69, 9.17) is 9.47 Å². The molecule has 0 N–H and O–H groups in total. The minimum atomic E-state index is 0.0604. The summed E-state index contributed by atoms with van der Waals surface area (Å²) in [6.45, 7) is 4.13. The van der Waals surface area contributed by atoms with Gasteiger partial charge in [-0.3, -0.25) is 9.69 Å². The smallest absolute Gasteiger partial charge is 0.254 e. The molecule has 0 unspecified atom stereocenters. The molecule has 1 saturated heterocycles. The zero-order valence-corrected chi connectivity index (χ0v) is 18.3. The summed E-state index contributed by atoms with van der Waals surface area (Å²) in [6, 6.07) is 15.9. The predicted octanol–water partition coefficient (Wildman–Crippen LogP) is 4.49. The molecule has 4 rings (SSSR count). The Kier molecular flexibility index (Phi) is 7.26. The molecule has 5 nitrogen and oxygen atoms in total. The third-order valence-corrected chi connectivity index (χ3v) is 6.14. The zero-order valence-electron chi connectivity index (χ0n) is 18.3. The number of carbonyl (C=O) groups is 1. The van der Waals surface area contributed by atoms with Crippen LogP contribution in [0.3, 0.4) is 0 Å². The van der Waals surface area contributed by atoms with Gasteiger partial charge in [0, 0.05) is 38.3 Å². The highest BCUT2D eigenvalue weighted by molar-refractivity contribution is 5.95. The number of piperazine rings is 1. The first-order chi connectivity index (χ1) is 15.2. The lowest BCUT2D eigenvalue weighted by molar-refractivity contribution is 0.0650. The van der Waals surface area contributed by atoms with Crippen LogP contribution < -0.4 is 9.47 Å². The Bertz CT molecular complexity index is 883. The van der Waals surface area contributed by atoms with Crippen LogP contribution in [0.2, 0.25) is 0 Å². The topological polar surface area (TPSA) is 42.0 Å². The number of benzene rings is 2. The second-order valence-electron chi connectivity index (χ2n) is 8.30. The summed E-state index contributed by atoms with van der Waals surface area (Å²) >= 11 is 0. The van der Waals surface area contributed by atoms with E-state index in [0.717, 1.165) is 51.3 Å². The summed E-state index contributed by atoms with van der Waals surface area (Å²) in [6.07, 6.45) is 9.23. The van der Waals surface area contributed by atoms with Crippen molar-refractivity contribution in [3.05, 3.63) is 65.7 Å². The molecule has 0 spiro atoms. The van der Waals surface area contributed by atoms with Gasteiger partial charge in [0.05, 0.1) is 13.2 Å². The molecule has 1 heterocycles. The molecule has 1 saturated carbocycles. The molecule has 1 amide bonds. The average Bonchev–Trinajstić information content (AvgIpc) is 3.33. The highest BCUT2D eigenvalue weighted by Gasteiger charge is 2.23. The molecule has 0 aromatic heterocycles. The zero-order chi connectivity index (χ0) is 21.5. The number of carbonyl (C=O) groups excluding carboxylic acids is 1. The second-order valence-corrected chi connectivity index (χ2v) is 8.30. The van der Waals surface area contributed by atoms with Gasteiger partial charge in [0.1, 0.15) is 0 Å². The summed E-state index contributed by atoms with van der Waals surface area (Å²) in [7, 11) is 1.63. The quantitative estimate of drug-likeness (QED) is 0.662. The van der Waals surface area contributed by atoms with Crippen molar-refractivity contribution in [1.29, 1.82) is 0 Å². The highest BCUT2D eigenvalue weighted by Crippen LogP contribution is 2.32.